The summed E-state index contributed by atoms with van der Waals surface area (Å²) < 4.78 is 1.11. The van der Waals surface area contributed by atoms with E-state index < -0.39 is 0 Å². The lowest BCUT2D eigenvalue weighted by atomic mass is 9.85. The van der Waals surface area contributed by atoms with Crippen LogP contribution in [0.4, 0.5) is 0 Å². The van der Waals surface area contributed by atoms with Crippen LogP contribution in [0.3, 0.4) is 0 Å². The summed E-state index contributed by atoms with van der Waals surface area (Å²) in [4.78, 5) is 12.1. The Morgan fingerprint density at radius 2 is 1.95 bits per heavy atom. The van der Waals surface area contributed by atoms with Gasteiger partial charge in [0.2, 0.25) is 5.91 Å². The topological polar surface area (TPSA) is 41.1 Å². The summed E-state index contributed by atoms with van der Waals surface area (Å²) in [7, 11) is 2.00. The molecule has 0 spiro atoms. The van der Waals surface area contributed by atoms with E-state index >= 15 is 0 Å². The number of hydrogen-bond acceptors (Lipinski definition) is 2. The molecule has 1 aromatic carbocycles. The summed E-state index contributed by atoms with van der Waals surface area (Å²) in [6.45, 7) is 0.716. The molecule has 3 nitrogen and oxygen atoms in total. The summed E-state index contributed by atoms with van der Waals surface area (Å²) in [5.41, 5.74) is 1.24. The van der Waals surface area contributed by atoms with E-state index in [-0.39, 0.29) is 11.8 Å². The molecule has 0 aliphatic heterocycles. The van der Waals surface area contributed by atoms with Gasteiger partial charge in [-0.3, -0.25) is 4.79 Å². The van der Waals surface area contributed by atoms with Gasteiger partial charge in [0.1, 0.15) is 0 Å². The second kappa shape index (κ2) is 7.79. The Morgan fingerprint density at radius 1 is 1.25 bits per heavy atom. The smallest absolute Gasteiger partial charge is 0.223 e. The molecule has 0 heterocycles. The van der Waals surface area contributed by atoms with Crippen LogP contribution in [0.15, 0.2) is 28.7 Å². The van der Waals surface area contributed by atoms with Crippen molar-refractivity contribution in [3.8, 4) is 0 Å². The zero-order chi connectivity index (χ0) is 14.4. The molecule has 0 bridgehead atoms. The number of hydrogen-bond donors (Lipinski definition) is 2. The van der Waals surface area contributed by atoms with Gasteiger partial charge >= 0.3 is 0 Å². The van der Waals surface area contributed by atoms with E-state index in [2.05, 4.69) is 32.6 Å². The van der Waals surface area contributed by atoms with Gasteiger partial charge < -0.3 is 10.6 Å². The van der Waals surface area contributed by atoms with Gasteiger partial charge in [-0.25, -0.2) is 0 Å². The third kappa shape index (κ3) is 4.32. The maximum absolute atomic E-state index is 12.1. The van der Waals surface area contributed by atoms with Gasteiger partial charge in [0.25, 0.3) is 0 Å². The van der Waals surface area contributed by atoms with Gasteiger partial charge in [-0.2, -0.15) is 0 Å². The molecule has 0 radical (unpaired) electrons. The van der Waals surface area contributed by atoms with Crippen LogP contribution >= 0.6 is 15.9 Å². The quantitative estimate of drug-likeness (QED) is 0.866. The molecule has 0 atom stereocenters. The third-order valence-corrected chi connectivity index (χ3v) is 4.93. The van der Waals surface area contributed by atoms with Crippen LogP contribution in [0, 0.1) is 5.92 Å². The van der Waals surface area contributed by atoms with Crippen molar-refractivity contribution in [2.45, 2.75) is 38.1 Å². The molecule has 1 aliphatic rings. The Bertz CT molecular complexity index is 442. The molecule has 2 rings (SSSR count). The maximum atomic E-state index is 12.1. The highest BCUT2D eigenvalue weighted by atomic mass is 79.9. The highest BCUT2D eigenvalue weighted by Gasteiger charge is 2.25. The minimum atomic E-state index is 0.207. The number of halogens is 1. The van der Waals surface area contributed by atoms with E-state index in [1.165, 1.54) is 5.56 Å². The van der Waals surface area contributed by atoms with Crippen LogP contribution < -0.4 is 10.6 Å². The van der Waals surface area contributed by atoms with Gasteiger partial charge in [-0.15, -0.1) is 0 Å². The van der Waals surface area contributed by atoms with E-state index in [1.807, 2.05) is 25.2 Å². The average molecular weight is 339 g/mol. The molecule has 1 saturated carbocycles. The zero-order valence-electron chi connectivity index (χ0n) is 12.0. The van der Waals surface area contributed by atoms with Crippen LogP contribution in [0.25, 0.3) is 0 Å². The van der Waals surface area contributed by atoms with E-state index in [0.717, 1.165) is 36.6 Å². The first-order valence-electron chi connectivity index (χ1n) is 7.39. The summed E-state index contributed by atoms with van der Waals surface area (Å²) in [5, 5.41) is 6.38. The first-order valence-corrected chi connectivity index (χ1v) is 8.18. The molecule has 1 aromatic rings. The average Bonchev–Trinajstić information content (AvgIpc) is 2.49. The Hall–Kier alpha value is -0.870. The Labute approximate surface area is 129 Å². The lowest BCUT2D eigenvalue weighted by Gasteiger charge is -2.27. The van der Waals surface area contributed by atoms with E-state index in [9.17, 15) is 4.79 Å². The number of benzene rings is 1. The first kappa shape index (κ1) is 15.5. The Kier molecular flexibility index (Phi) is 6.05. The van der Waals surface area contributed by atoms with Gasteiger partial charge in [0, 0.05) is 23.0 Å². The Balaban J connectivity index is 1.72. The fourth-order valence-electron chi connectivity index (χ4n) is 2.81. The van der Waals surface area contributed by atoms with Crippen molar-refractivity contribution in [3.05, 3.63) is 34.3 Å². The van der Waals surface area contributed by atoms with Gasteiger partial charge in [-0.05, 0) is 50.8 Å². The van der Waals surface area contributed by atoms with E-state index in [0.29, 0.717) is 12.6 Å². The van der Waals surface area contributed by atoms with Gasteiger partial charge in [0.15, 0.2) is 0 Å². The van der Waals surface area contributed by atoms with Crippen molar-refractivity contribution in [2.75, 3.05) is 13.6 Å². The molecule has 0 saturated heterocycles. The molecule has 4 heteroatoms. The summed E-state index contributed by atoms with van der Waals surface area (Å²) in [5.74, 6) is 0.436. The molecule has 20 heavy (non-hydrogen) atoms. The Morgan fingerprint density at radius 3 is 2.60 bits per heavy atom. The number of carbonyl (C=O) groups is 1. The van der Waals surface area contributed by atoms with Crippen molar-refractivity contribution in [2.24, 2.45) is 5.92 Å². The van der Waals surface area contributed by atoms with Crippen molar-refractivity contribution in [1.29, 1.82) is 0 Å². The standard InChI is InChI=1S/C16H23BrN2O/c1-18-14-8-6-13(7-9-14)16(20)19-11-10-12-4-2-3-5-15(12)17/h2-5,13-14,18H,6-11H2,1H3,(H,19,20). The highest BCUT2D eigenvalue weighted by Crippen LogP contribution is 2.24. The minimum Gasteiger partial charge on any atom is -0.356 e. The van der Waals surface area contributed by atoms with Crippen LogP contribution in [0.2, 0.25) is 0 Å². The van der Waals surface area contributed by atoms with E-state index in [4.69, 9.17) is 0 Å². The largest absolute Gasteiger partial charge is 0.356 e. The van der Waals surface area contributed by atoms with Crippen LogP contribution in [0.1, 0.15) is 31.2 Å². The van der Waals surface area contributed by atoms with Crippen LogP contribution in [-0.2, 0) is 11.2 Å². The predicted octanol–water partition coefficient (Wildman–Crippen LogP) is 2.89. The maximum Gasteiger partial charge on any atom is 0.223 e. The molecular weight excluding hydrogens is 316 g/mol. The van der Waals surface area contributed by atoms with Gasteiger partial charge in [0.05, 0.1) is 0 Å². The number of amides is 1. The lowest BCUT2D eigenvalue weighted by molar-refractivity contribution is -0.126. The van der Waals surface area contributed by atoms with Crippen molar-refractivity contribution < 1.29 is 4.79 Å². The van der Waals surface area contributed by atoms with Crippen LogP contribution in [-0.4, -0.2) is 25.5 Å². The molecule has 110 valence electrons. The third-order valence-electron chi connectivity index (χ3n) is 4.16. The van der Waals surface area contributed by atoms with Gasteiger partial charge in [-0.1, -0.05) is 34.1 Å². The number of rotatable bonds is 5. The molecule has 2 N–H and O–H groups in total. The molecule has 0 unspecified atom stereocenters. The van der Waals surface area contributed by atoms with Crippen molar-refractivity contribution in [3.63, 3.8) is 0 Å². The lowest BCUT2D eigenvalue weighted by Crippen LogP contribution is -2.38. The molecule has 1 amide bonds. The van der Waals surface area contributed by atoms with Crippen molar-refractivity contribution >= 4 is 21.8 Å². The second-order valence-corrected chi connectivity index (χ2v) is 6.32. The van der Waals surface area contributed by atoms with E-state index in [1.54, 1.807) is 0 Å². The summed E-state index contributed by atoms with van der Waals surface area (Å²) in [6, 6.07) is 8.76. The normalized spacial score (nSPS) is 22.5. The minimum absolute atomic E-state index is 0.207. The fraction of sp³-hybridized carbons (Fsp3) is 0.562. The number of carbonyl (C=O) groups excluding carboxylic acids is 1. The second-order valence-electron chi connectivity index (χ2n) is 5.47. The molecule has 0 aromatic heterocycles. The fourth-order valence-corrected chi connectivity index (χ4v) is 3.29. The summed E-state index contributed by atoms with van der Waals surface area (Å²) >= 11 is 3.53. The molecule has 1 aliphatic carbocycles. The summed E-state index contributed by atoms with van der Waals surface area (Å²) in [6.07, 6.45) is 5.11. The van der Waals surface area contributed by atoms with Crippen LogP contribution in [0.5, 0.6) is 0 Å². The molecular formula is C16H23BrN2O. The SMILES string of the molecule is CNC1CCC(C(=O)NCCc2ccccc2Br)CC1. The first-order chi connectivity index (χ1) is 9.70. The highest BCUT2D eigenvalue weighted by molar-refractivity contribution is 9.10. The van der Waals surface area contributed by atoms with Crippen molar-refractivity contribution in [1.82, 2.24) is 10.6 Å². The predicted molar refractivity (Wildman–Crippen MR) is 85.7 cm³/mol. The zero-order valence-corrected chi connectivity index (χ0v) is 13.6. The number of nitrogens with one attached hydrogen (secondary N) is 2. The monoisotopic (exact) mass is 338 g/mol. The molecule has 1 fully saturated rings.